The average Bonchev–Trinajstić information content (AvgIpc) is 3.14. The van der Waals surface area contributed by atoms with Gasteiger partial charge in [0.05, 0.1) is 11.5 Å². The Morgan fingerprint density at radius 3 is 2.70 bits per heavy atom. The Kier molecular flexibility index (Phi) is 4.72. The van der Waals surface area contributed by atoms with Gasteiger partial charge in [0.25, 0.3) is 5.91 Å². The molecule has 0 unspecified atom stereocenters. The van der Waals surface area contributed by atoms with Gasteiger partial charge in [-0.05, 0) is 12.8 Å². The second kappa shape index (κ2) is 6.60. The highest BCUT2D eigenvalue weighted by molar-refractivity contribution is 7.91. The van der Waals surface area contributed by atoms with Gasteiger partial charge in [0, 0.05) is 44.7 Å². The lowest BCUT2D eigenvalue weighted by Gasteiger charge is -2.37. The van der Waals surface area contributed by atoms with Gasteiger partial charge in [-0.1, -0.05) is 12.1 Å². The van der Waals surface area contributed by atoms with Crippen LogP contribution in [0.3, 0.4) is 0 Å². The zero-order chi connectivity index (χ0) is 16.4. The summed E-state index contributed by atoms with van der Waals surface area (Å²) in [5.74, 6) is 1.18. The molecule has 1 aromatic heterocycles. The summed E-state index contributed by atoms with van der Waals surface area (Å²) in [4.78, 5) is 16.4. The Labute approximate surface area is 136 Å². The summed E-state index contributed by atoms with van der Waals surface area (Å²) in [5.41, 5.74) is 0.366. The van der Waals surface area contributed by atoms with Crippen LogP contribution >= 0.6 is 0 Å². The second-order valence-corrected chi connectivity index (χ2v) is 8.54. The van der Waals surface area contributed by atoms with E-state index in [1.807, 2.05) is 6.92 Å². The summed E-state index contributed by atoms with van der Waals surface area (Å²) in [5, 5.41) is 3.87. The third kappa shape index (κ3) is 3.74. The summed E-state index contributed by atoms with van der Waals surface area (Å²) in [6.07, 6.45) is 2.44. The Morgan fingerprint density at radius 1 is 1.35 bits per heavy atom. The number of amides is 1. The largest absolute Gasteiger partial charge is 0.361 e. The maximum Gasteiger partial charge on any atom is 0.276 e. The van der Waals surface area contributed by atoms with Crippen molar-refractivity contribution in [2.24, 2.45) is 0 Å². The summed E-state index contributed by atoms with van der Waals surface area (Å²) in [6.45, 7) is 4.68. The molecule has 2 saturated heterocycles. The first kappa shape index (κ1) is 16.4. The SMILES string of the molecule is CCCc1cc(C(=O)N2CCN([C@@H]3CCS(=O)(=O)C3)CC2)no1. The molecule has 0 radical (unpaired) electrons. The first-order valence-corrected chi connectivity index (χ1v) is 10.00. The van der Waals surface area contributed by atoms with Gasteiger partial charge in [-0.3, -0.25) is 9.69 Å². The van der Waals surface area contributed by atoms with Crippen LogP contribution in [0.4, 0.5) is 0 Å². The number of aromatic nitrogens is 1. The van der Waals surface area contributed by atoms with Crippen molar-refractivity contribution >= 4 is 15.7 Å². The minimum absolute atomic E-state index is 0.102. The van der Waals surface area contributed by atoms with E-state index >= 15 is 0 Å². The van der Waals surface area contributed by atoms with Gasteiger partial charge in [-0.25, -0.2) is 8.42 Å². The van der Waals surface area contributed by atoms with E-state index in [4.69, 9.17) is 4.52 Å². The van der Waals surface area contributed by atoms with Crippen molar-refractivity contribution in [3.8, 4) is 0 Å². The highest BCUT2D eigenvalue weighted by Gasteiger charge is 2.34. The van der Waals surface area contributed by atoms with Gasteiger partial charge in [0.2, 0.25) is 0 Å². The first-order valence-electron chi connectivity index (χ1n) is 8.18. The number of hydrogen-bond donors (Lipinski definition) is 0. The number of carbonyl (C=O) groups excluding carboxylic acids is 1. The first-order chi connectivity index (χ1) is 11.0. The minimum Gasteiger partial charge on any atom is -0.361 e. The number of piperazine rings is 1. The van der Waals surface area contributed by atoms with Crippen LogP contribution in [0.25, 0.3) is 0 Å². The lowest BCUT2D eigenvalue weighted by Crippen LogP contribution is -2.52. The molecule has 23 heavy (non-hydrogen) atoms. The number of rotatable bonds is 4. The van der Waals surface area contributed by atoms with Crippen LogP contribution in [0.2, 0.25) is 0 Å². The second-order valence-electron chi connectivity index (χ2n) is 6.31. The molecule has 0 aromatic carbocycles. The predicted octanol–water partition coefficient (Wildman–Crippen LogP) is 0.572. The van der Waals surface area contributed by atoms with Crippen LogP contribution in [-0.4, -0.2) is 73.0 Å². The fourth-order valence-corrected chi connectivity index (χ4v) is 5.06. The summed E-state index contributed by atoms with van der Waals surface area (Å²) in [6, 6.07) is 1.84. The molecule has 8 heteroatoms. The van der Waals surface area contributed by atoms with E-state index in [2.05, 4.69) is 10.1 Å². The van der Waals surface area contributed by atoms with Crippen molar-refractivity contribution in [1.82, 2.24) is 15.0 Å². The van der Waals surface area contributed by atoms with Crippen molar-refractivity contribution in [1.29, 1.82) is 0 Å². The third-order valence-electron chi connectivity index (χ3n) is 4.60. The maximum atomic E-state index is 12.4. The van der Waals surface area contributed by atoms with E-state index in [0.717, 1.165) is 18.6 Å². The quantitative estimate of drug-likeness (QED) is 0.796. The van der Waals surface area contributed by atoms with E-state index in [9.17, 15) is 13.2 Å². The van der Waals surface area contributed by atoms with E-state index < -0.39 is 9.84 Å². The van der Waals surface area contributed by atoms with Crippen LogP contribution in [-0.2, 0) is 16.3 Å². The lowest BCUT2D eigenvalue weighted by atomic mass is 10.2. The van der Waals surface area contributed by atoms with Crippen molar-refractivity contribution in [2.75, 3.05) is 37.7 Å². The fourth-order valence-electron chi connectivity index (χ4n) is 3.29. The molecule has 0 saturated carbocycles. The number of hydrogen-bond acceptors (Lipinski definition) is 6. The van der Waals surface area contributed by atoms with Gasteiger partial charge in [0.15, 0.2) is 15.5 Å². The molecular formula is C15H23N3O4S. The molecule has 2 aliphatic heterocycles. The van der Waals surface area contributed by atoms with Crippen molar-refractivity contribution < 1.29 is 17.7 Å². The molecule has 0 bridgehead atoms. The highest BCUT2D eigenvalue weighted by atomic mass is 32.2. The monoisotopic (exact) mass is 341 g/mol. The van der Waals surface area contributed by atoms with E-state index in [-0.39, 0.29) is 23.5 Å². The smallest absolute Gasteiger partial charge is 0.276 e. The van der Waals surface area contributed by atoms with Crippen LogP contribution in [0.5, 0.6) is 0 Å². The van der Waals surface area contributed by atoms with E-state index in [1.54, 1.807) is 11.0 Å². The molecule has 3 rings (SSSR count). The zero-order valence-corrected chi connectivity index (χ0v) is 14.2. The standard InChI is InChI=1S/C15H23N3O4S/c1-2-3-13-10-14(16-22-13)15(19)18-7-5-17(6-8-18)12-4-9-23(20,21)11-12/h10,12H,2-9,11H2,1H3/t12-/m1/s1. The Bertz CT molecular complexity index is 662. The normalized spacial score (nSPS) is 24.9. The number of sulfone groups is 1. The minimum atomic E-state index is -2.86. The summed E-state index contributed by atoms with van der Waals surface area (Å²) >= 11 is 0. The van der Waals surface area contributed by atoms with Crippen molar-refractivity contribution in [2.45, 2.75) is 32.2 Å². The van der Waals surface area contributed by atoms with Crippen molar-refractivity contribution in [3.63, 3.8) is 0 Å². The molecule has 0 aliphatic carbocycles. The van der Waals surface area contributed by atoms with Gasteiger partial charge < -0.3 is 9.42 Å². The fraction of sp³-hybridized carbons (Fsp3) is 0.733. The number of carbonyl (C=O) groups is 1. The molecule has 0 spiro atoms. The molecule has 1 atom stereocenters. The maximum absolute atomic E-state index is 12.4. The Morgan fingerprint density at radius 2 is 2.09 bits per heavy atom. The summed E-state index contributed by atoms with van der Waals surface area (Å²) < 4.78 is 28.3. The predicted molar refractivity (Wildman–Crippen MR) is 85.0 cm³/mol. The molecule has 2 aliphatic rings. The number of aryl methyl sites for hydroxylation is 1. The molecule has 7 nitrogen and oxygen atoms in total. The lowest BCUT2D eigenvalue weighted by molar-refractivity contribution is 0.0578. The third-order valence-corrected chi connectivity index (χ3v) is 6.35. The van der Waals surface area contributed by atoms with Gasteiger partial charge in [0.1, 0.15) is 5.76 Å². The van der Waals surface area contributed by atoms with Crippen LogP contribution in [0.1, 0.15) is 36.0 Å². The molecule has 2 fully saturated rings. The van der Waals surface area contributed by atoms with Gasteiger partial charge in [-0.2, -0.15) is 0 Å². The number of nitrogens with zero attached hydrogens (tertiary/aromatic N) is 3. The van der Waals surface area contributed by atoms with E-state index in [0.29, 0.717) is 38.3 Å². The highest BCUT2D eigenvalue weighted by Crippen LogP contribution is 2.20. The topological polar surface area (TPSA) is 83.7 Å². The molecule has 128 valence electrons. The van der Waals surface area contributed by atoms with E-state index in [1.165, 1.54) is 0 Å². The van der Waals surface area contributed by atoms with Crippen LogP contribution < -0.4 is 0 Å². The molecule has 0 N–H and O–H groups in total. The van der Waals surface area contributed by atoms with Gasteiger partial charge >= 0.3 is 0 Å². The molecule has 1 amide bonds. The van der Waals surface area contributed by atoms with Crippen molar-refractivity contribution in [3.05, 3.63) is 17.5 Å². The summed E-state index contributed by atoms with van der Waals surface area (Å²) in [7, 11) is -2.86. The van der Waals surface area contributed by atoms with Crippen LogP contribution in [0, 0.1) is 0 Å². The van der Waals surface area contributed by atoms with Gasteiger partial charge in [-0.15, -0.1) is 0 Å². The average molecular weight is 341 g/mol. The zero-order valence-electron chi connectivity index (χ0n) is 13.4. The molecule has 1 aromatic rings. The Balaban J connectivity index is 1.55. The molecule has 3 heterocycles. The van der Waals surface area contributed by atoms with Crippen LogP contribution in [0.15, 0.2) is 10.6 Å². The molecular weight excluding hydrogens is 318 g/mol. The Hall–Kier alpha value is -1.41.